The van der Waals surface area contributed by atoms with E-state index in [0.29, 0.717) is 5.75 Å². The Hall–Kier alpha value is -0.940. The highest BCUT2D eigenvalue weighted by molar-refractivity contribution is 8.39. The Balaban J connectivity index is 1.69. The van der Waals surface area contributed by atoms with Gasteiger partial charge >= 0.3 is 0 Å². The van der Waals surface area contributed by atoms with Gasteiger partial charge in [-0.3, -0.25) is 9.79 Å². The summed E-state index contributed by atoms with van der Waals surface area (Å²) in [5.74, 6) is 1.74. The van der Waals surface area contributed by atoms with Gasteiger partial charge in [-0.1, -0.05) is 41.7 Å². The minimum atomic E-state index is 0.192. The van der Waals surface area contributed by atoms with E-state index < -0.39 is 0 Å². The molecule has 2 heterocycles. The Morgan fingerprint density at radius 2 is 2.37 bits per heavy atom. The molecule has 0 N–H and O–H groups in total. The number of hydrogen-bond acceptors (Lipinski definition) is 4. The summed E-state index contributed by atoms with van der Waals surface area (Å²) in [6.07, 6.45) is 0.961. The van der Waals surface area contributed by atoms with Crippen molar-refractivity contribution in [1.29, 1.82) is 0 Å². The lowest BCUT2D eigenvalue weighted by molar-refractivity contribution is -0.116. The van der Waals surface area contributed by atoms with Crippen molar-refractivity contribution >= 4 is 39.5 Å². The van der Waals surface area contributed by atoms with Crippen molar-refractivity contribution in [3.8, 4) is 0 Å². The molecule has 1 amide bonds. The normalized spacial score (nSPS) is 21.4. The van der Waals surface area contributed by atoms with Gasteiger partial charge in [0, 0.05) is 17.5 Å². The van der Waals surface area contributed by atoms with Crippen molar-refractivity contribution in [1.82, 2.24) is 0 Å². The maximum atomic E-state index is 12.4. The number of anilines is 1. The van der Waals surface area contributed by atoms with Crippen LogP contribution in [0.3, 0.4) is 0 Å². The predicted octanol–water partition coefficient (Wildman–Crippen LogP) is 2.80. The summed E-state index contributed by atoms with van der Waals surface area (Å²) in [6, 6.07) is 8.47. The smallest absolute Gasteiger partial charge is 0.237 e. The highest BCUT2D eigenvalue weighted by atomic mass is 32.2. The van der Waals surface area contributed by atoms with Gasteiger partial charge in [0.05, 0.1) is 12.3 Å². The summed E-state index contributed by atoms with van der Waals surface area (Å²) in [7, 11) is 0. The Kier molecular flexibility index (Phi) is 3.84. The van der Waals surface area contributed by atoms with Crippen LogP contribution in [0.5, 0.6) is 0 Å². The van der Waals surface area contributed by atoms with Crippen LogP contribution in [-0.2, 0) is 11.2 Å². The number of carbonyl (C=O) groups is 1. The van der Waals surface area contributed by atoms with Crippen molar-refractivity contribution in [2.45, 2.75) is 19.4 Å². The SMILES string of the molecule is C[C@H]1Cc2ccccc2N1C(=O)CSC1=NCCS1. The van der Waals surface area contributed by atoms with Crippen LogP contribution < -0.4 is 4.90 Å². The third-order valence-corrected chi connectivity index (χ3v) is 5.59. The van der Waals surface area contributed by atoms with E-state index in [1.165, 1.54) is 5.56 Å². The van der Waals surface area contributed by atoms with Crippen LogP contribution in [0.2, 0.25) is 0 Å². The number of rotatable bonds is 2. The highest BCUT2D eigenvalue weighted by Gasteiger charge is 2.30. The van der Waals surface area contributed by atoms with Gasteiger partial charge in [-0.25, -0.2) is 0 Å². The van der Waals surface area contributed by atoms with E-state index in [4.69, 9.17) is 0 Å². The van der Waals surface area contributed by atoms with E-state index in [2.05, 4.69) is 18.0 Å². The van der Waals surface area contributed by atoms with Crippen molar-refractivity contribution in [3.05, 3.63) is 29.8 Å². The molecule has 2 aliphatic rings. The summed E-state index contributed by atoms with van der Waals surface area (Å²) in [5.41, 5.74) is 2.36. The first-order valence-corrected chi connectivity index (χ1v) is 8.43. The van der Waals surface area contributed by atoms with E-state index >= 15 is 0 Å². The number of para-hydroxylation sites is 1. The summed E-state index contributed by atoms with van der Waals surface area (Å²) < 4.78 is 1.06. The fourth-order valence-corrected chi connectivity index (χ4v) is 4.41. The zero-order chi connectivity index (χ0) is 13.2. The molecular weight excluding hydrogens is 276 g/mol. The van der Waals surface area contributed by atoms with Gasteiger partial charge in [-0.2, -0.15) is 0 Å². The largest absolute Gasteiger partial charge is 0.308 e. The van der Waals surface area contributed by atoms with Crippen molar-refractivity contribution < 1.29 is 4.79 Å². The molecule has 0 aliphatic carbocycles. The topological polar surface area (TPSA) is 32.7 Å². The first kappa shape index (κ1) is 13.1. The number of benzene rings is 1. The van der Waals surface area contributed by atoms with Gasteiger partial charge in [0.1, 0.15) is 4.38 Å². The molecule has 2 aliphatic heterocycles. The Morgan fingerprint density at radius 3 is 3.16 bits per heavy atom. The second-order valence-corrected chi connectivity index (χ2v) is 7.04. The Bertz CT molecular complexity index is 530. The molecule has 1 aromatic rings. The van der Waals surface area contributed by atoms with Crippen molar-refractivity contribution in [3.63, 3.8) is 0 Å². The van der Waals surface area contributed by atoms with Crippen LogP contribution in [0.4, 0.5) is 5.69 Å². The summed E-state index contributed by atoms with van der Waals surface area (Å²) in [6.45, 7) is 3.01. The second-order valence-electron chi connectivity index (χ2n) is 4.73. The molecule has 1 aromatic carbocycles. The van der Waals surface area contributed by atoms with Crippen LogP contribution in [0.25, 0.3) is 0 Å². The lowest BCUT2D eigenvalue weighted by atomic mass is 10.1. The van der Waals surface area contributed by atoms with Crippen molar-refractivity contribution in [2.75, 3.05) is 23.0 Å². The zero-order valence-electron chi connectivity index (χ0n) is 10.8. The van der Waals surface area contributed by atoms with Crippen LogP contribution in [0.1, 0.15) is 12.5 Å². The van der Waals surface area contributed by atoms with Crippen LogP contribution >= 0.6 is 23.5 Å². The molecule has 0 fully saturated rings. The van der Waals surface area contributed by atoms with Crippen LogP contribution in [-0.4, -0.2) is 34.4 Å². The van der Waals surface area contributed by atoms with Gasteiger partial charge in [0.2, 0.25) is 5.91 Å². The maximum absolute atomic E-state index is 12.4. The summed E-state index contributed by atoms with van der Waals surface area (Å²) in [5, 5.41) is 0. The molecule has 0 spiro atoms. The number of hydrogen-bond donors (Lipinski definition) is 0. The number of amides is 1. The molecule has 3 rings (SSSR count). The van der Waals surface area contributed by atoms with E-state index in [-0.39, 0.29) is 11.9 Å². The lowest BCUT2D eigenvalue weighted by Crippen LogP contribution is -2.37. The van der Waals surface area contributed by atoms with Gasteiger partial charge in [-0.05, 0) is 25.0 Å². The molecule has 5 heteroatoms. The molecule has 19 heavy (non-hydrogen) atoms. The van der Waals surface area contributed by atoms with Gasteiger partial charge < -0.3 is 4.90 Å². The van der Waals surface area contributed by atoms with E-state index in [1.54, 1.807) is 23.5 Å². The summed E-state index contributed by atoms with van der Waals surface area (Å²) >= 11 is 3.33. The van der Waals surface area contributed by atoms with E-state index in [1.807, 2.05) is 23.1 Å². The number of nitrogens with zero attached hydrogens (tertiary/aromatic N) is 2. The molecule has 1 atom stereocenters. The quantitative estimate of drug-likeness (QED) is 0.840. The predicted molar refractivity (Wildman–Crippen MR) is 84.3 cm³/mol. The van der Waals surface area contributed by atoms with Crippen LogP contribution in [0, 0.1) is 0 Å². The van der Waals surface area contributed by atoms with Crippen LogP contribution in [0.15, 0.2) is 29.3 Å². The Labute approximate surface area is 121 Å². The number of thioether (sulfide) groups is 2. The summed E-state index contributed by atoms with van der Waals surface area (Å²) in [4.78, 5) is 18.7. The number of carbonyl (C=O) groups excluding carboxylic acids is 1. The molecular formula is C14H16N2OS2. The molecule has 0 unspecified atom stereocenters. The highest BCUT2D eigenvalue weighted by Crippen LogP contribution is 2.32. The first-order chi connectivity index (χ1) is 9.25. The molecule has 0 radical (unpaired) electrons. The third-order valence-electron chi connectivity index (χ3n) is 3.35. The van der Waals surface area contributed by atoms with Crippen molar-refractivity contribution in [2.24, 2.45) is 4.99 Å². The first-order valence-electron chi connectivity index (χ1n) is 6.46. The molecule has 3 nitrogen and oxygen atoms in total. The van der Waals surface area contributed by atoms with E-state index in [0.717, 1.165) is 28.8 Å². The number of aliphatic imine (C=N–C) groups is 1. The molecule has 100 valence electrons. The minimum Gasteiger partial charge on any atom is -0.308 e. The van der Waals surface area contributed by atoms with Gasteiger partial charge in [0.15, 0.2) is 0 Å². The standard InChI is InChI=1S/C14H16N2OS2/c1-10-8-11-4-2-3-5-12(11)16(10)13(17)9-19-14-15-6-7-18-14/h2-5,10H,6-9H2,1H3/t10-/m0/s1. The fraction of sp³-hybridized carbons (Fsp3) is 0.429. The minimum absolute atomic E-state index is 0.192. The average molecular weight is 292 g/mol. The lowest BCUT2D eigenvalue weighted by Gasteiger charge is -2.22. The fourth-order valence-electron chi connectivity index (χ4n) is 2.54. The van der Waals surface area contributed by atoms with E-state index in [9.17, 15) is 4.79 Å². The third kappa shape index (κ3) is 2.67. The molecule has 0 bridgehead atoms. The Morgan fingerprint density at radius 1 is 1.53 bits per heavy atom. The number of fused-ring (bicyclic) bond motifs is 1. The van der Waals surface area contributed by atoms with Gasteiger partial charge in [0.25, 0.3) is 0 Å². The second kappa shape index (κ2) is 5.59. The molecule has 0 aromatic heterocycles. The maximum Gasteiger partial charge on any atom is 0.237 e. The average Bonchev–Trinajstić information content (AvgIpc) is 3.02. The monoisotopic (exact) mass is 292 g/mol. The molecule has 0 saturated carbocycles. The van der Waals surface area contributed by atoms with Gasteiger partial charge in [-0.15, -0.1) is 0 Å². The zero-order valence-corrected chi connectivity index (χ0v) is 12.5. The molecule has 0 saturated heterocycles.